The number of aryl methyl sites for hydroxylation is 1. The van der Waals surface area contributed by atoms with Crippen LogP contribution in [0.25, 0.3) is 6.08 Å². The van der Waals surface area contributed by atoms with Gasteiger partial charge in [0.05, 0.1) is 5.69 Å². The second-order valence-electron chi connectivity index (χ2n) is 4.06. The Morgan fingerprint density at radius 1 is 0.944 bits per heavy atom. The molecule has 1 N–H and O–H groups in total. The third-order valence-electron chi connectivity index (χ3n) is 2.53. The quantitative estimate of drug-likeness (QED) is 0.800. The summed E-state index contributed by atoms with van der Waals surface area (Å²) in [6.07, 6.45) is 5.65. The summed E-state index contributed by atoms with van der Waals surface area (Å²) in [4.78, 5) is 4.26. The van der Waals surface area contributed by atoms with Crippen LogP contribution in [0, 0.1) is 6.92 Å². The summed E-state index contributed by atoms with van der Waals surface area (Å²) in [5, 5.41) is 9.13. The number of hydrogen-bond donors (Lipinski definition) is 1. The van der Waals surface area contributed by atoms with E-state index in [2.05, 4.69) is 36.2 Å². The highest BCUT2D eigenvalue weighted by atomic mass is 16.3. The van der Waals surface area contributed by atoms with E-state index in [0.717, 1.165) is 11.3 Å². The molecule has 0 spiro atoms. The van der Waals surface area contributed by atoms with Crippen molar-refractivity contribution in [3.8, 4) is 5.75 Å². The van der Waals surface area contributed by atoms with E-state index in [1.165, 1.54) is 5.56 Å². The van der Waals surface area contributed by atoms with Gasteiger partial charge in [-0.2, -0.15) is 0 Å². The second kappa shape index (κ2) is 5.82. The summed E-state index contributed by atoms with van der Waals surface area (Å²) in [6.45, 7) is 2.07. The molecule has 2 heteroatoms. The molecule has 0 bridgehead atoms. The number of nitrogens with zero attached hydrogens (tertiary/aromatic N) is 1. The van der Waals surface area contributed by atoms with Crippen LogP contribution < -0.4 is 0 Å². The van der Waals surface area contributed by atoms with Crippen LogP contribution in [0.3, 0.4) is 0 Å². The fourth-order valence-corrected chi connectivity index (χ4v) is 1.50. The van der Waals surface area contributed by atoms with Crippen LogP contribution in [-0.4, -0.2) is 11.3 Å². The topological polar surface area (TPSA) is 32.6 Å². The van der Waals surface area contributed by atoms with Gasteiger partial charge in [-0.3, -0.25) is 4.99 Å². The van der Waals surface area contributed by atoms with Crippen LogP contribution in [-0.2, 0) is 0 Å². The maximum absolute atomic E-state index is 9.13. The molecule has 0 atom stereocenters. The van der Waals surface area contributed by atoms with Crippen molar-refractivity contribution in [1.82, 2.24) is 0 Å². The largest absolute Gasteiger partial charge is 0.508 e. The lowest BCUT2D eigenvalue weighted by atomic mass is 10.1. The molecule has 0 fully saturated rings. The summed E-state index contributed by atoms with van der Waals surface area (Å²) in [7, 11) is 0. The number of allylic oxidation sites excluding steroid dienone is 1. The molecule has 0 heterocycles. The average Bonchev–Trinajstić information content (AvgIpc) is 2.39. The maximum Gasteiger partial charge on any atom is 0.115 e. The van der Waals surface area contributed by atoms with E-state index < -0.39 is 0 Å². The Labute approximate surface area is 107 Å². The van der Waals surface area contributed by atoms with Crippen LogP contribution in [0.4, 0.5) is 5.69 Å². The summed E-state index contributed by atoms with van der Waals surface area (Å²) < 4.78 is 0. The zero-order valence-corrected chi connectivity index (χ0v) is 10.2. The molecule has 0 aliphatic carbocycles. The third kappa shape index (κ3) is 3.59. The van der Waals surface area contributed by atoms with E-state index in [9.17, 15) is 0 Å². The summed E-state index contributed by atoms with van der Waals surface area (Å²) in [5.41, 5.74) is 3.23. The molecule has 0 saturated carbocycles. The lowest BCUT2D eigenvalue weighted by Gasteiger charge is -1.94. The maximum atomic E-state index is 9.13. The van der Waals surface area contributed by atoms with E-state index >= 15 is 0 Å². The first-order chi connectivity index (χ1) is 8.74. The predicted molar refractivity (Wildman–Crippen MR) is 76.5 cm³/mol. The molecule has 2 aromatic rings. The molecular weight excluding hydrogens is 222 g/mol. The minimum absolute atomic E-state index is 0.254. The smallest absolute Gasteiger partial charge is 0.115 e. The van der Waals surface area contributed by atoms with Gasteiger partial charge < -0.3 is 5.11 Å². The van der Waals surface area contributed by atoms with Crippen LogP contribution in [0.1, 0.15) is 11.1 Å². The fourth-order valence-electron chi connectivity index (χ4n) is 1.50. The molecule has 0 aromatic heterocycles. The van der Waals surface area contributed by atoms with Gasteiger partial charge in [-0.15, -0.1) is 0 Å². The van der Waals surface area contributed by atoms with Gasteiger partial charge in [0.2, 0.25) is 0 Å². The van der Waals surface area contributed by atoms with Gasteiger partial charge in [-0.05, 0) is 42.8 Å². The Kier molecular flexibility index (Phi) is 3.92. The molecule has 90 valence electrons. The number of hydrogen-bond acceptors (Lipinski definition) is 2. The van der Waals surface area contributed by atoms with Gasteiger partial charge in [0.15, 0.2) is 0 Å². The number of rotatable bonds is 3. The number of phenolic OH excluding ortho intramolecular Hbond substituents is 1. The Morgan fingerprint density at radius 2 is 1.61 bits per heavy atom. The first-order valence-electron chi connectivity index (χ1n) is 5.80. The summed E-state index contributed by atoms with van der Waals surface area (Å²) >= 11 is 0. The van der Waals surface area contributed by atoms with Crippen LogP contribution in [0.5, 0.6) is 5.75 Å². The van der Waals surface area contributed by atoms with Gasteiger partial charge >= 0.3 is 0 Å². The molecule has 0 saturated heterocycles. The molecule has 2 nitrogen and oxygen atoms in total. The van der Waals surface area contributed by atoms with E-state index in [0.29, 0.717) is 0 Å². The molecule has 18 heavy (non-hydrogen) atoms. The average molecular weight is 237 g/mol. The van der Waals surface area contributed by atoms with Crippen LogP contribution in [0.2, 0.25) is 0 Å². The van der Waals surface area contributed by atoms with Gasteiger partial charge in [0.25, 0.3) is 0 Å². The molecule has 0 aliphatic rings. The zero-order valence-electron chi connectivity index (χ0n) is 10.2. The number of phenols is 1. The summed E-state index contributed by atoms with van der Waals surface area (Å²) in [6, 6.07) is 15.1. The second-order valence-corrected chi connectivity index (χ2v) is 4.06. The molecule has 0 unspecified atom stereocenters. The van der Waals surface area contributed by atoms with Crippen LogP contribution in [0.15, 0.2) is 59.6 Å². The highest BCUT2D eigenvalue weighted by Crippen LogP contribution is 2.15. The number of benzene rings is 2. The fraction of sp³-hybridized carbons (Fsp3) is 0.0625. The molecule has 0 amide bonds. The van der Waals surface area contributed by atoms with E-state index in [1.54, 1.807) is 30.5 Å². The highest BCUT2D eigenvalue weighted by molar-refractivity contribution is 5.80. The van der Waals surface area contributed by atoms with Gasteiger partial charge in [-0.25, -0.2) is 0 Å². The van der Waals surface area contributed by atoms with Gasteiger partial charge in [0.1, 0.15) is 5.75 Å². The van der Waals surface area contributed by atoms with E-state index in [1.807, 2.05) is 12.2 Å². The number of aliphatic imine (C=N–C) groups is 1. The van der Waals surface area contributed by atoms with Gasteiger partial charge in [0, 0.05) is 6.21 Å². The van der Waals surface area contributed by atoms with Crippen molar-refractivity contribution in [3.05, 3.63) is 65.7 Å². The standard InChI is InChI=1S/C16H15NO/c1-13-4-6-14(7-5-13)3-2-12-17-15-8-10-16(18)11-9-15/h2-12,18H,1H3/b3-2+,17-12?. The molecule has 2 rings (SSSR count). The minimum Gasteiger partial charge on any atom is -0.508 e. The van der Waals surface area contributed by atoms with Crippen molar-refractivity contribution in [2.45, 2.75) is 6.92 Å². The normalized spacial score (nSPS) is 11.4. The minimum atomic E-state index is 0.254. The molecule has 0 aliphatic heterocycles. The zero-order chi connectivity index (χ0) is 12.8. The van der Waals surface area contributed by atoms with E-state index in [-0.39, 0.29) is 5.75 Å². The van der Waals surface area contributed by atoms with Crippen molar-refractivity contribution in [2.24, 2.45) is 4.99 Å². The first kappa shape index (κ1) is 12.1. The highest BCUT2D eigenvalue weighted by Gasteiger charge is 1.88. The van der Waals surface area contributed by atoms with E-state index in [4.69, 9.17) is 5.11 Å². The SMILES string of the molecule is Cc1ccc(/C=C/C=Nc2ccc(O)cc2)cc1. The Hall–Kier alpha value is -2.35. The van der Waals surface area contributed by atoms with Crippen molar-refractivity contribution in [1.29, 1.82) is 0 Å². The Balaban J connectivity index is 1.98. The van der Waals surface area contributed by atoms with Crippen LogP contribution >= 0.6 is 0 Å². The Morgan fingerprint density at radius 3 is 2.28 bits per heavy atom. The van der Waals surface area contributed by atoms with Crippen molar-refractivity contribution in [3.63, 3.8) is 0 Å². The third-order valence-corrected chi connectivity index (χ3v) is 2.53. The molecule has 2 aromatic carbocycles. The first-order valence-corrected chi connectivity index (χ1v) is 5.80. The van der Waals surface area contributed by atoms with Crippen molar-refractivity contribution >= 4 is 18.0 Å². The number of aromatic hydroxyl groups is 1. The molecule has 0 radical (unpaired) electrons. The predicted octanol–water partition coefficient (Wildman–Crippen LogP) is 4.12. The van der Waals surface area contributed by atoms with Crippen molar-refractivity contribution in [2.75, 3.05) is 0 Å². The Bertz CT molecular complexity index is 497. The monoisotopic (exact) mass is 237 g/mol. The molecular formula is C16H15NO. The van der Waals surface area contributed by atoms with Crippen molar-refractivity contribution < 1.29 is 5.11 Å². The lowest BCUT2D eigenvalue weighted by Crippen LogP contribution is -1.73. The lowest BCUT2D eigenvalue weighted by molar-refractivity contribution is 0.475. The summed E-state index contributed by atoms with van der Waals surface area (Å²) in [5.74, 6) is 0.254. The van der Waals surface area contributed by atoms with Gasteiger partial charge in [-0.1, -0.05) is 35.9 Å².